The van der Waals surface area contributed by atoms with E-state index in [1.807, 2.05) is 0 Å². The Morgan fingerprint density at radius 1 is 1.10 bits per heavy atom. The highest BCUT2D eigenvalue weighted by Crippen LogP contribution is 2.33. The summed E-state index contributed by atoms with van der Waals surface area (Å²) in [4.78, 5) is 38.7. The fourth-order valence-electron chi connectivity index (χ4n) is 3.81. The highest BCUT2D eigenvalue weighted by molar-refractivity contribution is 5.98. The van der Waals surface area contributed by atoms with Gasteiger partial charge in [-0.25, -0.2) is 0 Å². The second-order valence-electron chi connectivity index (χ2n) is 7.29. The zero-order valence-electron chi connectivity index (χ0n) is 16.2. The maximum absolute atomic E-state index is 13.2. The van der Waals surface area contributed by atoms with Gasteiger partial charge in [-0.3, -0.25) is 9.59 Å². The van der Waals surface area contributed by atoms with Crippen LogP contribution >= 0.6 is 0 Å². The Hall–Kier alpha value is -3.55. The summed E-state index contributed by atoms with van der Waals surface area (Å²) in [6, 6.07) is 11.9. The van der Waals surface area contributed by atoms with Gasteiger partial charge in [0, 0.05) is 18.5 Å². The molecule has 156 valence electrons. The number of rotatable bonds is 6. The molecule has 2 atom stereocenters. The number of fused-ring (bicyclic) bond motifs is 1. The molecule has 0 radical (unpaired) electrons. The predicted molar refractivity (Wildman–Crippen MR) is 104 cm³/mol. The van der Waals surface area contributed by atoms with E-state index in [1.54, 1.807) is 48.5 Å². The summed E-state index contributed by atoms with van der Waals surface area (Å²) in [6.07, 6.45) is 1.11. The number of nitrogens with zero attached hydrogens (tertiary/aromatic N) is 1. The van der Waals surface area contributed by atoms with Crippen LogP contribution in [0.5, 0.6) is 11.5 Å². The van der Waals surface area contributed by atoms with Crippen LogP contribution < -0.4 is 19.9 Å². The molecule has 2 amide bonds. The summed E-state index contributed by atoms with van der Waals surface area (Å²) in [6.45, 7) is 0.448. The van der Waals surface area contributed by atoms with Gasteiger partial charge in [0.25, 0.3) is 5.91 Å². The molecule has 1 N–H and O–H groups in total. The third-order valence-corrected chi connectivity index (χ3v) is 5.32. The van der Waals surface area contributed by atoms with Crippen LogP contribution in [0.4, 0.5) is 0 Å². The number of hydrogen-bond donors (Lipinski definition) is 1. The van der Waals surface area contributed by atoms with Gasteiger partial charge in [-0.05, 0) is 42.7 Å². The average molecular weight is 409 g/mol. The molecule has 0 bridgehead atoms. The lowest BCUT2D eigenvalue weighted by Crippen LogP contribution is -2.54. The quantitative estimate of drug-likeness (QED) is 0.744. The van der Waals surface area contributed by atoms with Gasteiger partial charge in [0.05, 0.1) is 12.0 Å². The Labute approximate surface area is 173 Å². The van der Waals surface area contributed by atoms with Crippen LogP contribution in [0.1, 0.15) is 28.8 Å². The van der Waals surface area contributed by atoms with Crippen LogP contribution in [0.3, 0.4) is 0 Å². The van der Waals surface area contributed by atoms with Crippen molar-refractivity contribution in [2.75, 3.05) is 13.3 Å². The average Bonchev–Trinajstić information content (AvgIpc) is 3.42. The monoisotopic (exact) mass is 409 g/mol. The van der Waals surface area contributed by atoms with Crippen molar-refractivity contribution in [1.82, 2.24) is 10.2 Å². The molecule has 2 aromatic rings. The smallest absolute Gasteiger partial charge is 0.251 e. The molecule has 2 aromatic carbocycles. The van der Waals surface area contributed by atoms with E-state index in [0.717, 1.165) is 5.56 Å². The van der Waals surface area contributed by atoms with E-state index in [0.29, 0.717) is 36.4 Å². The maximum atomic E-state index is 13.2. The van der Waals surface area contributed by atoms with E-state index in [2.05, 4.69) is 5.32 Å². The fourth-order valence-corrected chi connectivity index (χ4v) is 3.81. The minimum Gasteiger partial charge on any atom is -0.548 e. The van der Waals surface area contributed by atoms with E-state index < -0.39 is 29.9 Å². The van der Waals surface area contributed by atoms with Crippen LogP contribution in [-0.2, 0) is 16.0 Å². The first kappa shape index (κ1) is 19.8. The molecule has 8 nitrogen and oxygen atoms in total. The Kier molecular flexibility index (Phi) is 5.56. The van der Waals surface area contributed by atoms with Gasteiger partial charge in [-0.15, -0.1) is 0 Å². The number of likely N-dealkylation sites (tertiary alicyclic amines) is 1. The van der Waals surface area contributed by atoms with Crippen molar-refractivity contribution in [1.29, 1.82) is 0 Å². The summed E-state index contributed by atoms with van der Waals surface area (Å²) >= 11 is 0. The standard InChI is InChI=1S/C22H22N2O6/c25-20(15-5-2-1-3-6-15)23-16(21(26)24-10-4-7-17(24)22(27)28)11-14-8-9-18-19(12-14)30-13-29-18/h1-3,5-6,8-9,12,16-17H,4,7,10-11,13H2,(H,23,25)(H,27,28)/p-1/t16-,17-/m0/s1. The van der Waals surface area contributed by atoms with Crippen molar-refractivity contribution in [3.8, 4) is 11.5 Å². The zero-order chi connectivity index (χ0) is 21.1. The molecule has 2 aliphatic heterocycles. The number of carboxylic acids is 1. The maximum Gasteiger partial charge on any atom is 0.251 e. The number of nitrogens with one attached hydrogen (secondary N) is 1. The lowest BCUT2D eigenvalue weighted by atomic mass is 10.0. The van der Waals surface area contributed by atoms with E-state index in [4.69, 9.17) is 9.47 Å². The van der Waals surface area contributed by atoms with E-state index in [1.165, 1.54) is 4.90 Å². The highest BCUT2D eigenvalue weighted by Gasteiger charge is 2.35. The first-order chi connectivity index (χ1) is 14.5. The van der Waals surface area contributed by atoms with Crippen molar-refractivity contribution in [3.63, 3.8) is 0 Å². The number of carbonyl (C=O) groups excluding carboxylic acids is 3. The second-order valence-corrected chi connectivity index (χ2v) is 7.29. The summed E-state index contributed by atoms with van der Waals surface area (Å²) < 4.78 is 10.7. The molecule has 0 saturated carbocycles. The van der Waals surface area contributed by atoms with Crippen LogP contribution in [0.15, 0.2) is 48.5 Å². The van der Waals surface area contributed by atoms with Gasteiger partial charge in [-0.1, -0.05) is 24.3 Å². The van der Waals surface area contributed by atoms with Crippen molar-refractivity contribution < 1.29 is 29.0 Å². The lowest BCUT2D eigenvalue weighted by molar-refractivity contribution is -0.310. The van der Waals surface area contributed by atoms with E-state index in [9.17, 15) is 19.5 Å². The number of benzene rings is 2. The Morgan fingerprint density at radius 2 is 1.87 bits per heavy atom. The molecule has 1 saturated heterocycles. The molecule has 30 heavy (non-hydrogen) atoms. The van der Waals surface area contributed by atoms with Gasteiger partial charge in [0.15, 0.2) is 11.5 Å². The molecule has 0 aliphatic carbocycles. The van der Waals surface area contributed by atoms with Crippen molar-refractivity contribution in [2.24, 2.45) is 0 Å². The van der Waals surface area contributed by atoms with Crippen LogP contribution in [0.2, 0.25) is 0 Å². The highest BCUT2D eigenvalue weighted by atomic mass is 16.7. The molecule has 4 rings (SSSR count). The molecular formula is C22H21N2O6-. The van der Waals surface area contributed by atoms with Crippen molar-refractivity contribution in [2.45, 2.75) is 31.3 Å². The third kappa shape index (κ3) is 4.07. The minimum atomic E-state index is -1.28. The topological polar surface area (TPSA) is 108 Å². The minimum absolute atomic E-state index is 0.132. The number of hydrogen-bond acceptors (Lipinski definition) is 6. The van der Waals surface area contributed by atoms with Crippen molar-refractivity contribution >= 4 is 17.8 Å². The Bertz CT molecular complexity index is 961. The normalized spacial score (nSPS) is 18.1. The first-order valence-electron chi connectivity index (χ1n) is 9.78. The lowest BCUT2D eigenvalue weighted by Gasteiger charge is -2.30. The van der Waals surface area contributed by atoms with Crippen LogP contribution in [-0.4, -0.2) is 48.1 Å². The number of carbonyl (C=O) groups is 3. The van der Waals surface area contributed by atoms with Crippen LogP contribution in [0.25, 0.3) is 0 Å². The van der Waals surface area contributed by atoms with Gasteiger partial charge in [0.1, 0.15) is 6.04 Å². The van der Waals surface area contributed by atoms with Gasteiger partial charge in [0.2, 0.25) is 12.7 Å². The summed E-state index contributed by atoms with van der Waals surface area (Å²) in [5.74, 6) is -0.937. The Balaban J connectivity index is 1.58. The molecule has 2 heterocycles. The molecule has 0 unspecified atom stereocenters. The number of amides is 2. The first-order valence-corrected chi connectivity index (χ1v) is 9.78. The van der Waals surface area contributed by atoms with E-state index in [-0.39, 0.29) is 13.2 Å². The van der Waals surface area contributed by atoms with Gasteiger partial charge < -0.3 is 29.6 Å². The molecule has 2 aliphatic rings. The SMILES string of the molecule is O=C(N[C@@H](Cc1ccc2c(c1)OCO2)C(=O)N1CCC[C@H]1C(=O)[O-])c1ccccc1. The van der Waals surface area contributed by atoms with E-state index >= 15 is 0 Å². The molecule has 0 spiro atoms. The predicted octanol–water partition coefficient (Wildman–Crippen LogP) is 0.497. The fraction of sp³-hybridized carbons (Fsp3) is 0.318. The largest absolute Gasteiger partial charge is 0.548 e. The number of carboxylic acid groups (broad SMARTS) is 1. The molecular weight excluding hydrogens is 388 g/mol. The number of ether oxygens (including phenoxy) is 2. The Morgan fingerprint density at radius 3 is 2.63 bits per heavy atom. The summed E-state index contributed by atoms with van der Waals surface area (Å²) in [7, 11) is 0. The van der Waals surface area contributed by atoms with Gasteiger partial charge >= 0.3 is 0 Å². The summed E-state index contributed by atoms with van der Waals surface area (Å²) in [5, 5.41) is 14.2. The molecule has 1 fully saturated rings. The molecule has 0 aromatic heterocycles. The van der Waals surface area contributed by atoms with Crippen molar-refractivity contribution in [3.05, 3.63) is 59.7 Å². The summed E-state index contributed by atoms with van der Waals surface area (Å²) in [5.41, 5.74) is 1.18. The third-order valence-electron chi connectivity index (χ3n) is 5.32. The second kappa shape index (κ2) is 8.44. The molecule has 8 heteroatoms. The van der Waals surface area contributed by atoms with Gasteiger partial charge in [-0.2, -0.15) is 0 Å². The number of aliphatic carboxylic acids is 1. The van der Waals surface area contributed by atoms with Crippen LogP contribution in [0, 0.1) is 0 Å². The zero-order valence-corrected chi connectivity index (χ0v) is 16.2.